The largest absolute Gasteiger partial charge is 0.274 e. The number of aryl methyl sites for hydroxylation is 1. The Balaban J connectivity index is 1.73. The van der Waals surface area contributed by atoms with Gasteiger partial charge in [-0.1, -0.05) is 46.5 Å². The molecule has 30 heavy (non-hydrogen) atoms. The van der Waals surface area contributed by atoms with Crippen LogP contribution in [0.1, 0.15) is 37.7 Å². The van der Waals surface area contributed by atoms with Crippen LogP contribution in [0.15, 0.2) is 57.9 Å². The van der Waals surface area contributed by atoms with Gasteiger partial charge in [0.15, 0.2) is 0 Å². The Morgan fingerprint density at radius 2 is 1.57 bits per heavy atom. The van der Waals surface area contributed by atoms with Crippen molar-refractivity contribution in [3.8, 4) is 0 Å². The molecule has 0 spiro atoms. The molecule has 0 radical (unpaired) electrons. The predicted octanol–water partition coefficient (Wildman–Crippen LogP) is 4.02. The highest BCUT2D eigenvalue weighted by Gasteiger charge is 2.49. The summed E-state index contributed by atoms with van der Waals surface area (Å²) in [7, 11) is -3.94. The van der Waals surface area contributed by atoms with Gasteiger partial charge in [0, 0.05) is 10.5 Å². The molecule has 1 aliphatic carbocycles. The second-order valence-corrected chi connectivity index (χ2v) is 10.6. The van der Waals surface area contributed by atoms with Gasteiger partial charge in [0.1, 0.15) is 6.04 Å². The number of carbonyl (C=O) groups excluding carboxylic acids is 2. The first kappa shape index (κ1) is 21.2. The number of halogens is 1. The molecule has 6 nitrogen and oxygen atoms in total. The molecule has 2 aliphatic rings. The zero-order chi connectivity index (χ0) is 21.5. The lowest BCUT2D eigenvalue weighted by Crippen LogP contribution is -2.49. The van der Waals surface area contributed by atoms with Crippen molar-refractivity contribution in [2.75, 3.05) is 4.90 Å². The van der Waals surface area contributed by atoms with Crippen molar-refractivity contribution in [1.82, 2.24) is 4.31 Å². The summed E-state index contributed by atoms with van der Waals surface area (Å²) >= 11 is 3.32. The first-order chi connectivity index (χ1) is 14.3. The first-order valence-corrected chi connectivity index (χ1v) is 12.2. The molecule has 158 valence electrons. The van der Waals surface area contributed by atoms with Crippen molar-refractivity contribution in [2.24, 2.45) is 0 Å². The van der Waals surface area contributed by atoms with E-state index in [0.29, 0.717) is 18.5 Å². The van der Waals surface area contributed by atoms with E-state index in [1.54, 1.807) is 24.3 Å². The summed E-state index contributed by atoms with van der Waals surface area (Å²) in [4.78, 5) is 27.4. The molecule has 1 saturated carbocycles. The number of rotatable bonds is 5. The normalized spacial score (nSPS) is 20.5. The molecule has 2 amide bonds. The highest BCUT2D eigenvalue weighted by Crippen LogP contribution is 2.35. The van der Waals surface area contributed by atoms with Gasteiger partial charge in [-0.3, -0.25) is 9.59 Å². The Bertz CT molecular complexity index is 1060. The van der Waals surface area contributed by atoms with Crippen LogP contribution >= 0.6 is 15.9 Å². The van der Waals surface area contributed by atoms with E-state index in [-0.39, 0.29) is 23.3 Å². The average molecular weight is 491 g/mol. The van der Waals surface area contributed by atoms with Gasteiger partial charge in [-0.15, -0.1) is 0 Å². The zero-order valence-electron chi connectivity index (χ0n) is 16.6. The lowest BCUT2D eigenvalue weighted by Gasteiger charge is -2.32. The molecule has 2 aromatic carbocycles. The SMILES string of the molecule is Cc1ccc(N2C(=O)CC(N(C3CCCC3)S(=O)(=O)c3ccc(Br)cc3)C2=O)cc1. The summed E-state index contributed by atoms with van der Waals surface area (Å²) in [5.74, 6) is -0.848. The molecule has 1 unspecified atom stereocenters. The fourth-order valence-corrected chi connectivity index (χ4v) is 6.38. The van der Waals surface area contributed by atoms with Crippen LogP contribution in [0.25, 0.3) is 0 Å². The number of anilines is 1. The van der Waals surface area contributed by atoms with Gasteiger partial charge in [-0.05, 0) is 56.2 Å². The van der Waals surface area contributed by atoms with E-state index in [2.05, 4.69) is 15.9 Å². The third kappa shape index (κ3) is 3.84. The molecule has 0 aromatic heterocycles. The van der Waals surface area contributed by atoms with Gasteiger partial charge in [0.25, 0.3) is 5.91 Å². The van der Waals surface area contributed by atoms with E-state index in [0.717, 1.165) is 27.8 Å². The quantitative estimate of drug-likeness (QED) is 0.593. The van der Waals surface area contributed by atoms with Crippen LogP contribution in [-0.2, 0) is 19.6 Å². The van der Waals surface area contributed by atoms with Gasteiger partial charge in [-0.2, -0.15) is 4.31 Å². The van der Waals surface area contributed by atoms with Gasteiger partial charge in [-0.25, -0.2) is 13.3 Å². The lowest BCUT2D eigenvalue weighted by atomic mass is 10.1. The Kier molecular flexibility index (Phi) is 5.83. The molecule has 4 rings (SSSR count). The number of sulfonamides is 1. The van der Waals surface area contributed by atoms with Crippen molar-refractivity contribution < 1.29 is 18.0 Å². The van der Waals surface area contributed by atoms with Crippen LogP contribution in [0, 0.1) is 6.92 Å². The van der Waals surface area contributed by atoms with E-state index < -0.39 is 22.0 Å². The lowest BCUT2D eigenvalue weighted by molar-refractivity contribution is -0.122. The van der Waals surface area contributed by atoms with Gasteiger partial charge < -0.3 is 0 Å². The van der Waals surface area contributed by atoms with Crippen LogP contribution in [0.5, 0.6) is 0 Å². The Morgan fingerprint density at radius 1 is 0.967 bits per heavy atom. The van der Waals surface area contributed by atoms with Crippen LogP contribution < -0.4 is 4.90 Å². The summed E-state index contributed by atoms with van der Waals surface area (Å²) in [6.45, 7) is 1.92. The maximum absolute atomic E-state index is 13.6. The molecule has 1 saturated heterocycles. The number of imide groups is 1. The van der Waals surface area contributed by atoms with Crippen molar-refractivity contribution in [3.05, 3.63) is 58.6 Å². The van der Waals surface area contributed by atoms with Gasteiger partial charge in [0.05, 0.1) is 17.0 Å². The minimum atomic E-state index is -3.94. The maximum Gasteiger partial charge on any atom is 0.252 e. The highest BCUT2D eigenvalue weighted by molar-refractivity contribution is 9.10. The summed E-state index contributed by atoms with van der Waals surface area (Å²) in [6.07, 6.45) is 3.07. The third-order valence-electron chi connectivity index (χ3n) is 5.80. The maximum atomic E-state index is 13.6. The van der Waals surface area contributed by atoms with Crippen molar-refractivity contribution in [2.45, 2.75) is 56.0 Å². The number of hydrogen-bond acceptors (Lipinski definition) is 4. The average Bonchev–Trinajstić information content (AvgIpc) is 3.32. The van der Waals surface area contributed by atoms with Crippen molar-refractivity contribution >= 4 is 43.5 Å². The third-order valence-corrected chi connectivity index (χ3v) is 8.30. The molecular formula is C22H23BrN2O4S. The first-order valence-electron chi connectivity index (χ1n) is 10.0. The molecule has 2 aromatic rings. The van der Waals surface area contributed by atoms with E-state index in [1.807, 2.05) is 19.1 Å². The fourth-order valence-electron chi connectivity index (χ4n) is 4.29. The molecule has 1 atom stereocenters. The standard InChI is InChI=1S/C22H23BrN2O4S/c1-15-6-10-17(11-7-15)24-21(26)14-20(22(24)27)25(18-4-2-3-5-18)30(28,29)19-12-8-16(23)9-13-19/h6-13,18,20H,2-5,14H2,1H3. The van der Waals surface area contributed by atoms with Crippen LogP contribution in [0.4, 0.5) is 5.69 Å². The van der Waals surface area contributed by atoms with Crippen LogP contribution in [-0.4, -0.2) is 36.6 Å². The van der Waals surface area contributed by atoms with Crippen LogP contribution in [0.3, 0.4) is 0 Å². The van der Waals surface area contributed by atoms with E-state index in [4.69, 9.17) is 0 Å². The number of amides is 2. The molecule has 0 bridgehead atoms. The molecular weight excluding hydrogens is 468 g/mol. The smallest absolute Gasteiger partial charge is 0.252 e. The van der Waals surface area contributed by atoms with E-state index >= 15 is 0 Å². The summed E-state index contributed by atoms with van der Waals surface area (Å²) in [5, 5.41) is 0. The number of benzene rings is 2. The van der Waals surface area contributed by atoms with Crippen molar-refractivity contribution in [1.29, 1.82) is 0 Å². The monoisotopic (exact) mass is 490 g/mol. The summed E-state index contributed by atoms with van der Waals surface area (Å²) in [5.41, 5.74) is 1.49. The number of carbonyl (C=O) groups is 2. The summed E-state index contributed by atoms with van der Waals surface area (Å²) in [6, 6.07) is 12.2. The Morgan fingerprint density at radius 3 is 2.17 bits per heavy atom. The Hall–Kier alpha value is -2.03. The second kappa shape index (κ2) is 8.24. The molecule has 1 aliphatic heterocycles. The minimum absolute atomic E-state index is 0.131. The van der Waals surface area contributed by atoms with Crippen molar-refractivity contribution in [3.63, 3.8) is 0 Å². The molecule has 0 N–H and O–H groups in total. The van der Waals surface area contributed by atoms with Gasteiger partial charge in [0.2, 0.25) is 15.9 Å². The molecule has 1 heterocycles. The molecule has 8 heteroatoms. The highest BCUT2D eigenvalue weighted by atomic mass is 79.9. The topological polar surface area (TPSA) is 74.8 Å². The number of nitrogens with zero attached hydrogens (tertiary/aromatic N) is 2. The zero-order valence-corrected chi connectivity index (χ0v) is 19.0. The number of hydrogen-bond donors (Lipinski definition) is 0. The predicted molar refractivity (Wildman–Crippen MR) is 117 cm³/mol. The Labute approximate surface area is 185 Å². The van der Waals surface area contributed by atoms with E-state index in [1.165, 1.54) is 16.4 Å². The molecule has 2 fully saturated rings. The second-order valence-electron chi connectivity index (χ2n) is 7.85. The van der Waals surface area contributed by atoms with Gasteiger partial charge >= 0.3 is 0 Å². The minimum Gasteiger partial charge on any atom is -0.274 e. The summed E-state index contributed by atoms with van der Waals surface area (Å²) < 4.78 is 29.3. The van der Waals surface area contributed by atoms with E-state index in [9.17, 15) is 18.0 Å². The fraction of sp³-hybridized carbons (Fsp3) is 0.364. The van der Waals surface area contributed by atoms with Crippen LogP contribution in [0.2, 0.25) is 0 Å².